The van der Waals surface area contributed by atoms with Crippen LogP contribution in [0.25, 0.3) is 11.0 Å². The second-order valence-corrected chi connectivity index (χ2v) is 3.75. The quantitative estimate of drug-likeness (QED) is 0.720. The molecule has 1 aromatic carbocycles. The van der Waals surface area contributed by atoms with Crippen molar-refractivity contribution in [3.63, 3.8) is 0 Å². The molecule has 0 fully saturated rings. The molecule has 0 saturated carbocycles. The molecule has 0 aliphatic heterocycles. The lowest BCUT2D eigenvalue weighted by Crippen LogP contribution is -2.05. The molecule has 0 aliphatic rings. The SMILES string of the molecule is Cc1cc(C)c2oc(=O)cc(CN)c2c1. The third-order valence-corrected chi connectivity index (χ3v) is 2.48. The van der Waals surface area contributed by atoms with Crippen molar-refractivity contribution >= 4 is 11.0 Å². The predicted octanol–water partition coefficient (Wildman–Crippen LogP) is 1.87. The Balaban J connectivity index is 2.96. The summed E-state index contributed by atoms with van der Waals surface area (Å²) in [4.78, 5) is 11.3. The molecular weight excluding hydrogens is 190 g/mol. The van der Waals surface area contributed by atoms with Gasteiger partial charge in [-0.3, -0.25) is 0 Å². The number of benzene rings is 1. The fraction of sp³-hybridized carbons (Fsp3) is 0.250. The van der Waals surface area contributed by atoms with Gasteiger partial charge in [0.25, 0.3) is 0 Å². The van der Waals surface area contributed by atoms with Gasteiger partial charge in [-0.2, -0.15) is 0 Å². The highest BCUT2D eigenvalue weighted by Gasteiger charge is 2.07. The first-order chi connectivity index (χ1) is 7.11. The molecule has 0 bridgehead atoms. The summed E-state index contributed by atoms with van der Waals surface area (Å²) in [5, 5.41) is 0.939. The summed E-state index contributed by atoms with van der Waals surface area (Å²) in [7, 11) is 0. The Morgan fingerprint density at radius 3 is 2.67 bits per heavy atom. The number of hydrogen-bond acceptors (Lipinski definition) is 3. The molecular formula is C12H13NO2. The zero-order chi connectivity index (χ0) is 11.0. The smallest absolute Gasteiger partial charge is 0.336 e. The van der Waals surface area contributed by atoms with Crippen LogP contribution in [0.5, 0.6) is 0 Å². The Morgan fingerprint density at radius 1 is 1.27 bits per heavy atom. The van der Waals surface area contributed by atoms with Gasteiger partial charge < -0.3 is 10.2 Å². The van der Waals surface area contributed by atoms with Crippen molar-refractivity contribution in [2.75, 3.05) is 0 Å². The molecule has 0 atom stereocenters. The molecule has 1 aromatic heterocycles. The van der Waals surface area contributed by atoms with Crippen LogP contribution in [-0.2, 0) is 6.54 Å². The van der Waals surface area contributed by atoms with E-state index in [2.05, 4.69) is 0 Å². The lowest BCUT2D eigenvalue weighted by molar-refractivity contribution is 0.556. The van der Waals surface area contributed by atoms with Gasteiger partial charge in [-0.15, -0.1) is 0 Å². The Morgan fingerprint density at radius 2 is 2.00 bits per heavy atom. The summed E-state index contributed by atoms with van der Waals surface area (Å²) in [6.45, 7) is 4.29. The van der Waals surface area contributed by atoms with Crippen LogP contribution in [0.15, 0.2) is 27.4 Å². The Bertz CT molecular complexity index is 570. The normalized spacial score (nSPS) is 10.9. The fourth-order valence-corrected chi connectivity index (χ4v) is 1.85. The Kier molecular flexibility index (Phi) is 2.32. The zero-order valence-electron chi connectivity index (χ0n) is 8.83. The van der Waals surface area contributed by atoms with Gasteiger partial charge in [0, 0.05) is 18.0 Å². The molecule has 2 N–H and O–H groups in total. The van der Waals surface area contributed by atoms with Crippen LogP contribution >= 0.6 is 0 Å². The van der Waals surface area contributed by atoms with Crippen molar-refractivity contribution in [3.8, 4) is 0 Å². The summed E-state index contributed by atoms with van der Waals surface area (Å²) in [6.07, 6.45) is 0. The van der Waals surface area contributed by atoms with Crippen molar-refractivity contribution in [1.29, 1.82) is 0 Å². The van der Waals surface area contributed by atoms with Crippen LogP contribution in [0.4, 0.5) is 0 Å². The maximum Gasteiger partial charge on any atom is 0.336 e. The minimum Gasteiger partial charge on any atom is -0.422 e. The van der Waals surface area contributed by atoms with Crippen molar-refractivity contribution in [2.45, 2.75) is 20.4 Å². The lowest BCUT2D eigenvalue weighted by atomic mass is 10.0. The number of rotatable bonds is 1. The van der Waals surface area contributed by atoms with Gasteiger partial charge in [0.2, 0.25) is 0 Å². The lowest BCUT2D eigenvalue weighted by Gasteiger charge is -2.06. The molecule has 0 amide bonds. The van der Waals surface area contributed by atoms with E-state index < -0.39 is 0 Å². The number of aryl methyl sites for hydroxylation is 2. The summed E-state index contributed by atoms with van der Waals surface area (Å²) in [5.74, 6) is 0. The molecule has 78 valence electrons. The maximum atomic E-state index is 11.3. The Labute approximate surface area is 87.5 Å². The molecule has 3 nitrogen and oxygen atoms in total. The second kappa shape index (κ2) is 3.51. The highest BCUT2D eigenvalue weighted by molar-refractivity contribution is 5.83. The van der Waals surface area contributed by atoms with Gasteiger partial charge in [0.15, 0.2) is 0 Å². The van der Waals surface area contributed by atoms with Gasteiger partial charge in [-0.1, -0.05) is 6.07 Å². The first-order valence-electron chi connectivity index (χ1n) is 4.86. The summed E-state index contributed by atoms with van der Waals surface area (Å²) >= 11 is 0. The van der Waals surface area contributed by atoms with Gasteiger partial charge in [0.1, 0.15) is 5.58 Å². The number of nitrogens with two attached hydrogens (primary N) is 1. The van der Waals surface area contributed by atoms with E-state index in [9.17, 15) is 4.79 Å². The van der Waals surface area contributed by atoms with Crippen LogP contribution < -0.4 is 11.4 Å². The van der Waals surface area contributed by atoms with Crippen LogP contribution in [0.3, 0.4) is 0 Å². The van der Waals surface area contributed by atoms with Crippen molar-refractivity contribution in [1.82, 2.24) is 0 Å². The number of hydrogen-bond donors (Lipinski definition) is 1. The fourth-order valence-electron chi connectivity index (χ4n) is 1.85. The molecule has 0 unspecified atom stereocenters. The minimum atomic E-state index is -0.338. The molecule has 0 saturated heterocycles. The largest absolute Gasteiger partial charge is 0.422 e. The maximum absolute atomic E-state index is 11.3. The van der Waals surface area contributed by atoms with E-state index in [1.807, 2.05) is 26.0 Å². The average molecular weight is 203 g/mol. The van der Waals surface area contributed by atoms with E-state index in [4.69, 9.17) is 10.2 Å². The van der Waals surface area contributed by atoms with E-state index in [1.165, 1.54) is 6.07 Å². The van der Waals surface area contributed by atoms with Crippen LogP contribution in [0.1, 0.15) is 16.7 Å². The number of fused-ring (bicyclic) bond motifs is 1. The molecule has 0 radical (unpaired) electrons. The monoisotopic (exact) mass is 203 g/mol. The second-order valence-electron chi connectivity index (χ2n) is 3.75. The molecule has 2 aromatic rings. The molecule has 1 heterocycles. The van der Waals surface area contributed by atoms with Crippen molar-refractivity contribution < 1.29 is 4.42 Å². The van der Waals surface area contributed by atoms with E-state index in [0.29, 0.717) is 12.1 Å². The van der Waals surface area contributed by atoms with E-state index in [-0.39, 0.29) is 5.63 Å². The van der Waals surface area contributed by atoms with Crippen LogP contribution in [-0.4, -0.2) is 0 Å². The summed E-state index contributed by atoms with van der Waals surface area (Å²) in [6, 6.07) is 5.44. The molecule has 15 heavy (non-hydrogen) atoms. The van der Waals surface area contributed by atoms with E-state index in [0.717, 1.165) is 22.1 Å². The van der Waals surface area contributed by atoms with Crippen molar-refractivity contribution in [3.05, 3.63) is 45.3 Å². The van der Waals surface area contributed by atoms with Gasteiger partial charge in [-0.25, -0.2) is 4.79 Å². The third kappa shape index (κ3) is 1.66. The topological polar surface area (TPSA) is 56.2 Å². The van der Waals surface area contributed by atoms with Gasteiger partial charge >= 0.3 is 5.63 Å². The third-order valence-electron chi connectivity index (χ3n) is 2.48. The summed E-state index contributed by atoms with van der Waals surface area (Å²) in [5.41, 5.74) is 8.87. The molecule has 0 aliphatic carbocycles. The van der Waals surface area contributed by atoms with Crippen molar-refractivity contribution in [2.24, 2.45) is 5.73 Å². The van der Waals surface area contributed by atoms with E-state index >= 15 is 0 Å². The first-order valence-corrected chi connectivity index (χ1v) is 4.86. The van der Waals surface area contributed by atoms with E-state index in [1.54, 1.807) is 0 Å². The molecule has 0 spiro atoms. The van der Waals surface area contributed by atoms with Gasteiger partial charge in [0.05, 0.1) is 0 Å². The minimum absolute atomic E-state index is 0.338. The highest BCUT2D eigenvalue weighted by Crippen LogP contribution is 2.21. The predicted molar refractivity (Wildman–Crippen MR) is 59.8 cm³/mol. The molecule has 2 rings (SSSR count). The van der Waals surface area contributed by atoms with Crippen LogP contribution in [0.2, 0.25) is 0 Å². The van der Waals surface area contributed by atoms with Gasteiger partial charge in [-0.05, 0) is 36.6 Å². The zero-order valence-corrected chi connectivity index (χ0v) is 8.83. The highest BCUT2D eigenvalue weighted by atomic mass is 16.4. The summed E-state index contributed by atoms with van der Waals surface area (Å²) < 4.78 is 5.18. The Hall–Kier alpha value is -1.61. The standard InChI is InChI=1S/C12H13NO2/c1-7-3-8(2)12-10(4-7)9(6-13)5-11(14)15-12/h3-5H,6,13H2,1-2H3. The first kappa shape index (κ1) is 9.93. The molecule has 3 heteroatoms. The average Bonchev–Trinajstić information content (AvgIpc) is 2.18. The van der Waals surface area contributed by atoms with Crippen LogP contribution in [0, 0.1) is 13.8 Å².